The van der Waals surface area contributed by atoms with Crippen LogP contribution in [0.25, 0.3) is 0 Å². The summed E-state index contributed by atoms with van der Waals surface area (Å²) in [6.07, 6.45) is 3.22. The Hall–Kier alpha value is -0.120. The zero-order valence-electron chi connectivity index (χ0n) is 9.29. The van der Waals surface area contributed by atoms with Gasteiger partial charge in [0.15, 0.2) is 0 Å². The Morgan fingerprint density at radius 1 is 1.31 bits per heavy atom. The van der Waals surface area contributed by atoms with Crippen LogP contribution in [0.3, 0.4) is 0 Å². The van der Waals surface area contributed by atoms with E-state index >= 15 is 0 Å². The summed E-state index contributed by atoms with van der Waals surface area (Å²) in [6, 6.07) is 0.332. The molecule has 0 bridgehead atoms. The molecule has 4 N–H and O–H groups in total. The highest BCUT2D eigenvalue weighted by Crippen LogP contribution is 2.08. The van der Waals surface area contributed by atoms with Crippen LogP contribution >= 0.6 is 0 Å². The molecule has 2 atom stereocenters. The van der Waals surface area contributed by atoms with E-state index in [1.54, 1.807) is 0 Å². The zero-order chi connectivity index (χ0) is 10.3. The fraction of sp³-hybridized carbons (Fsp3) is 1.00. The van der Waals surface area contributed by atoms with E-state index in [1.807, 2.05) is 0 Å². The van der Waals surface area contributed by atoms with E-state index < -0.39 is 0 Å². The third kappa shape index (κ3) is 8.22. The van der Waals surface area contributed by atoms with Crippen LogP contribution in [0.1, 0.15) is 26.2 Å². The van der Waals surface area contributed by atoms with Gasteiger partial charge in [-0.15, -0.1) is 0 Å². The first-order valence-electron chi connectivity index (χ1n) is 5.16. The van der Waals surface area contributed by atoms with Crippen LogP contribution in [0.5, 0.6) is 0 Å². The van der Waals surface area contributed by atoms with Gasteiger partial charge in [-0.25, -0.2) is 0 Å². The summed E-state index contributed by atoms with van der Waals surface area (Å²) in [5.74, 6) is 0.683. The van der Waals surface area contributed by atoms with Crippen LogP contribution in [0.4, 0.5) is 0 Å². The van der Waals surface area contributed by atoms with Gasteiger partial charge in [0.1, 0.15) is 0 Å². The standard InChI is InChI=1S/C10H25N3/c1-9(8-13(2)3)7-10(12)5-4-6-11/h9-10H,4-8,11-12H2,1-3H3. The van der Waals surface area contributed by atoms with Crippen molar-refractivity contribution >= 4 is 0 Å². The number of hydrogen-bond donors (Lipinski definition) is 2. The van der Waals surface area contributed by atoms with Gasteiger partial charge in [-0.1, -0.05) is 6.92 Å². The van der Waals surface area contributed by atoms with Gasteiger partial charge < -0.3 is 16.4 Å². The zero-order valence-corrected chi connectivity index (χ0v) is 9.29. The lowest BCUT2D eigenvalue weighted by Gasteiger charge is -2.20. The molecule has 0 saturated carbocycles. The molecule has 0 aliphatic rings. The summed E-state index contributed by atoms with van der Waals surface area (Å²) in [4.78, 5) is 2.21. The molecular weight excluding hydrogens is 162 g/mol. The van der Waals surface area contributed by atoms with Crippen molar-refractivity contribution in [3.63, 3.8) is 0 Å². The first-order chi connectivity index (χ1) is 6.06. The van der Waals surface area contributed by atoms with Gasteiger partial charge in [-0.3, -0.25) is 0 Å². The quantitative estimate of drug-likeness (QED) is 0.615. The highest BCUT2D eigenvalue weighted by Gasteiger charge is 2.09. The number of nitrogens with two attached hydrogens (primary N) is 2. The van der Waals surface area contributed by atoms with Crippen molar-refractivity contribution in [3.8, 4) is 0 Å². The molecule has 0 aromatic rings. The lowest BCUT2D eigenvalue weighted by molar-refractivity contribution is 0.310. The van der Waals surface area contributed by atoms with E-state index in [9.17, 15) is 0 Å². The van der Waals surface area contributed by atoms with E-state index in [-0.39, 0.29) is 0 Å². The highest BCUT2D eigenvalue weighted by molar-refractivity contribution is 4.67. The van der Waals surface area contributed by atoms with Gasteiger partial charge in [-0.2, -0.15) is 0 Å². The Bertz CT molecular complexity index is 115. The molecule has 0 heterocycles. The van der Waals surface area contributed by atoms with E-state index in [4.69, 9.17) is 11.5 Å². The fourth-order valence-corrected chi connectivity index (χ4v) is 1.71. The molecule has 3 heteroatoms. The van der Waals surface area contributed by atoms with Crippen LogP contribution in [0.2, 0.25) is 0 Å². The van der Waals surface area contributed by atoms with Crippen molar-refractivity contribution in [1.82, 2.24) is 4.90 Å². The maximum atomic E-state index is 5.96. The maximum Gasteiger partial charge on any atom is 0.00423 e. The monoisotopic (exact) mass is 187 g/mol. The molecule has 0 aromatic carbocycles. The molecule has 0 fully saturated rings. The minimum atomic E-state index is 0.332. The third-order valence-electron chi connectivity index (χ3n) is 2.16. The van der Waals surface area contributed by atoms with E-state index in [1.165, 1.54) is 0 Å². The summed E-state index contributed by atoms with van der Waals surface area (Å²) in [5, 5.41) is 0. The molecule has 13 heavy (non-hydrogen) atoms. The van der Waals surface area contributed by atoms with E-state index in [0.717, 1.165) is 32.4 Å². The number of rotatable bonds is 7. The van der Waals surface area contributed by atoms with Crippen LogP contribution in [-0.2, 0) is 0 Å². The minimum absolute atomic E-state index is 0.332. The summed E-state index contributed by atoms with van der Waals surface area (Å²) in [6.45, 7) is 4.13. The van der Waals surface area contributed by atoms with Crippen LogP contribution in [-0.4, -0.2) is 38.1 Å². The van der Waals surface area contributed by atoms with E-state index in [2.05, 4.69) is 25.9 Å². The van der Waals surface area contributed by atoms with Gasteiger partial charge in [0.2, 0.25) is 0 Å². The molecular formula is C10H25N3. The number of hydrogen-bond acceptors (Lipinski definition) is 3. The van der Waals surface area contributed by atoms with Gasteiger partial charge in [0.25, 0.3) is 0 Å². The van der Waals surface area contributed by atoms with Gasteiger partial charge in [-0.05, 0) is 45.8 Å². The molecule has 3 nitrogen and oxygen atoms in total. The van der Waals surface area contributed by atoms with Crippen molar-refractivity contribution in [3.05, 3.63) is 0 Å². The largest absolute Gasteiger partial charge is 0.330 e. The fourth-order valence-electron chi connectivity index (χ4n) is 1.71. The molecule has 0 amide bonds. The van der Waals surface area contributed by atoms with Crippen molar-refractivity contribution in [2.24, 2.45) is 17.4 Å². The predicted molar refractivity (Wildman–Crippen MR) is 58.6 cm³/mol. The molecule has 0 aromatic heterocycles. The van der Waals surface area contributed by atoms with E-state index in [0.29, 0.717) is 12.0 Å². The Morgan fingerprint density at radius 3 is 2.38 bits per heavy atom. The molecule has 0 spiro atoms. The first-order valence-corrected chi connectivity index (χ1v) is 5.16. The Morgan fingerprint density at radius 2 is 1.92 bits per heavy atom. The Kier molecular flexibility index (Phi) is 7.23. The Labute approximate surface area is 82.5 Å². The average Bonchev–Trinajstić information content (AvgIpc) is 1.98. The summed E-state index contributed by atoms with van der Waals surface area (Å²) in [5.41, 5.74) is 11.4. The molecule has 0 radical (unpaired) electrons. The van der Waals surface area contributed by atoms with Crippen molar-refractivity contribution in [2.75, 3.05) is 27.2 Å². The van der Waals surface area contributed by atoms with Gasteiger partial charge >= 0.3 is 0 Å². The number of nitrogens with zero attached hydrogens (tertiary/aromatic N) is 1. The molecule has 0 saturated heterocycles. The van der Waals surface area contributed by atoms with Crippen LogP contribution < -0.4 is 11.5 Å². The minimum Gasteiger partial charge on any atom is -0.330 e. The normalized spacial score (nSPS) is 16.2. The highest BCUT2D eigenvalue weighted by atomic mass is 15.1. The average molecular weight is 187 g/mol. The maximum absolute atomic E-state index is 5.96. The van der Waals surface area contributed by atoms with Crippen LogP contribution in [0.15, 0.2) is 0 Å². The second-order valence-electron chi connectivity index (χ2n) is 4.29. The van der Waals surface area contributed by atoms with Crippen molar-refractivity contribution in [1.29, 1.82) is 0 Å². The van der Waals surface area contributed by atoms with Gasteiger partial charge in [0.05, 0.1) is 0 Å². The first kappa shape index (κ1) is 12.9. The summed E-state index contributed by atoms with van der Waals surface area (Å²) < 4.78 is 0. The lowest BCUT2D eigenvalue weighted by atomic mass is 9.99. The molecule has 80 valence electrons. The SMILES string of the molecule is CC(CC(N)CCCN)CN(C)C. The predicted octanol–water partition coefficient (Wildman–Crippen LogP) is 0.640. The second-order valence-corrected chi connectivity index (χ2v) is 4.29. The summed E-state index contributed by atoms with van der Waals surface area (Å²) >= 11 is 0. The Balaban J connectivity index is 3.46. The third-order valence-corrected chi connectivity index (χ3v) is 2.16. The topological polar surface area (TPSA) is 55.3 Å². The summed E-state index contributed by atoms with van der Waals surface area (Å²) in [7, 11) is 4.20. The molecule has 2 unspecified atom stereocenters. The smallest absolute Gasteiger partial charge is 0.00423 e. The second kappa shape index (κ2) is 7.30. The van der Waals surface area contributed by atoms with Crippen molar-refractivity contribution in [2.45, 2.75) is 32.2 Å². The van der Waals surface area contributed by atoms with Crippen LogP contribution in [0, 0.1) is 5.92 Å². The molecule has 0 aliphatic carbocycles. The molecule has 0 aliphatic heterocycles. The van der Waals surface area contributed by atoms with Crippen molar-refractivity contribution < 1.29 is 0 Å². The lowest BCUT2D eigenvalue weighted by Crippen LogP contribution is -2.28. The van der Waals surface area contributed by atoms with Gasteiger partial charge in [0, 0.05) is 12.6 Å². The molecule has 0 rings (SSSR count).